The molecule has 18 heavy (non-hydrogen) atoms. The van der Waals surface area contributed by atoms with Gasteiger partial charge in [-0.05, 0) is 32.5 Å². The molecule has 3 heterocycles. The summed E-state index contributed by atoms with van der Waals surface area (Å²) < 4.78 is 6.51. The van der Waals surface area contributed by atoms with Crippen LogP contribution in [-0.4, -0.2) is 46.6 Å². The third-order valence-electron chi connectivity index (χ3n) is 3.70. The summed E-state index contributed by atoms with van der Waals surface area (Å²) in [6, 6.07) is 6.11. The van der Waals surface area contributed by atoms with Crippen LogP contribution in [0, 0.1) is 6.92 Å². The van der Waals surface area contributed by atoms with Crippen LogP contribution in [0.4, 0.5) is 0 Å². The molecule has 2 fully saturated rings. The van der Waals surface area contributed by atoms with Crippen LogP contribution < -0.4 is 0 Å². The van der Waals surface area contributed by atoms with Gasteiger partial charge in [-0.2, -0.15) is 0 Å². The molecule has 0 radical (unpaired) electrons. The van der Waals surface area contributed by atoms with Crippen molar-refractivity contribution in [2.45, 2.75) is 30.8 Å². The third-order valence-corrected chi connectivity index (χ3v) is 5.28. The van der Waals surface area contributed by atoms with Crippen molar-refractivity contribution in [3.8, 4) is 0 Å². The first kappa shape index (κ1) is 12.5. The van der Waals surface area contributed by atoms with Crippen LogP contribution in [0.15, 0.2) is 18.2 Å². The van der Waals surface area contributed by atoms with Crippen molar-refractivity contribution in [2.75, 3.05) is 25.9 Å². The van der Waals surface area contributed by atoms with E-state index in [1.807, 2.05) is 25.1 Å². The van der Waals surface area contributed by atoms with Crippen LogP contribution in [-0.2, 0) is 11.3 Å². The van der Waals surface area contributed by atoms with Gasteiger partial charge in [0.25, 0.3) is 0 Å². The second-order valence-electron chi connectivity index (χ2n) is 5.57. The molecule has 3 rings (SSSR count). The lowest BCUT2D eigenvalue weighted by atomic mass is 9.94. The first-order valence-corrected chi connectivity index (χ1v) is 7.50. The molecule has 0 unspecified atom stereocenters. The molecular weight excluding hydrogens is 244 g/mol. The summed E-state index contributed by atoms with van der Waals surface area (Å²) in [4.78, 5) is 6.86. The van der Waals surface area contributed by atoms with Crippen molar-refractivity contribution in [3.05, 3.63) is 29.6 Å². The van der Waals surface area contributed by atoms with Crippen LogP contribution in [0.2, 0.25) is 0 Å². The highest BCUT2D eigenvalue weighted by molar-refractivity contribution is 8.01. The summed E-state index contributed by atoms with van der Waals surface area (Å²) in [6.07, 6.45) is 1.61. The molecule has 2 aliphatic heterocycles. The Morgan fingerprint density at radius 2 is 2.33 bits per heavy atom. The van der Waals surface area contributed by atoms with Gasteiger partial charge < -0.3 is 9.64 Å². The lowest BCUT2D eigenvalue weighted by Gasteiger charge is -2.45. The Balaban J connectivity index is 1.50. The predicted molar refractivity (Wildman–Crippen MR) is 74.9 cm³/mol. The molecule has 3 nitrogen and oxygen atoms in total. The highest BCUT2D eigenvalue weighted by atomic mass is 32.2. The second-order valence-corrected chi connectivity index (χ2v) is 7.06. The summed E-state index contributed by atoms with van der Waals surface area (Å²) in [5, 5.41) is 0. The Bertz CT molecular complexity index is 432. The van der Waals surface area contributed by atoms with E-state index < -0.39 is 0 Å². The van der Waals surface area contributed by atoms with Crippen LogP contribution in [0.5, 0.6) is 0 Å². The molecule has 0 bridgehead atoms. The Kier molecular flexibility index (Phi) is 3.34. The van der Waals surface area contributed by atoms with E-state index in [1.54, 1.807) is 0 Å². The lowest BCUT2D eigenvalue weighted by Crippen LogP contribution is -2.56. The number of likely N-dealkylation sites (tertiary alicyclic amines) is 1. The van der Waals surface area contributed by atoms with E-state index in [2.05, 4.69) is 28.7 Å². The van der Waals surface area contributed by atoms with E-state index in [-0.39, 0.29) is 0 Å². The molecular formula is C14H20N2OS. The number of aromatic nitrogens is 1. The number of pyridine rings is 1. The summed E-state index contributed by atoms with van der Waals surface area (Å²) in [7, 11) is 2.19. The molecule has 0 aliphatic carbocycles. The standard InChI is InChI=1S/C14H20N2OS/c1-11-4-3-5-12(15-11)7-17-13-6-14(18-8-13)9-16(2)10-14/h3-5,13H,6-10H2,1-2H3/t13-/m0/s1. The SMILES string of the molecule is Cc1cccc(CO[C@@H]2CSC3(C2)CN(C)C3)n1. The van der Waals surface area contributed by atoms with Crippen molar-refractivity contribution >= 4 is 11.8 Å². The maximum Gasteiger partial charge on any atom is 0.0892 e. The Morgan fingerprint density at radius 1 is 1.50 bits per heavy atom. The van der Waals surface area contributed by atoms with Gasteiger partial charge in [0.1, 0.15) is 0 Å². The molecule has 0 aromatic carbocycles. The van der Waals surface area contributed by atoms with Gasteiger partial charge in [0.2, 0.25) is 0 Å². The van der Waals surface area contributed by atoms with Gasteiger partial charge in [0.05, 0.1) is 18.4 Å². The van der Waals surface area contributed by atoms with Gasteiger partial charge in [-0.1, -0.05) is 6.07 Å². The minimum Gasteiger partial charge on any atom is -0.371 e. The number of hydrogen-bond acceptors (Lipinski definition) is 4. The summed E-state index contributed by atoms with van der Waals surface area (Å²) in [6.45, 7) is 5.12. The Labute approximate surface area is 113 Å². The minimum atomic E-state index is 0.408. The molecule has 2 aliphatic rings. The zero-order valence-corrected chi connectivity index (χ0v) is 11.9. The van der Waals surface area contributed by atoms with E-state index in [0.29, 0.717) is 17.5 Å². The molecule has 0 amide bonds. The van der Waals surface area contributed by atoms with E-state index in [9.17, 15) is 0 Å². The molecule has 0 saturated carbocycles. The summed E-state index contributed by atoms with van der Waals surface area (Å²) in [5.74, 6) is 1.14. The summed E-state index contributed by atoms with van der Waals surface area (Å²) >= 11 is 2.09. The molecule has 2 saturated heterocycles. The average Bonchev–Trinajstić information content (AvgIpc) is 2.70. The van der Waals surface area contributed by atoms with Crippen LogP contribution >= 0.6 is 11.8 Å². The van der Waals surface area contributed by atoms with Crippen LogP contribution in [0.3, 0.4) is 0 Å². The number of thioether (sulfide) groups is 1. The highest BCUT2D eigenvalue weighted by Gasteiger charge is 2.47. The van der Waals surface area contributed by atoms with Gasteiger partial charge in [-0.25, -0.2) is 0 Å². The molecule has 1 aromatic heterocycles. The number of rotatable bonds is 3. The summed E-state index contributed by atoms with van der Waals surface area (Å²) in [5.41, 5.74) is 2.11. The molecule has 4 heteroatoms. The normalized spacial score (nSPS) is 26.4. The maximum atomic E-state index is 6.01. The van der Waals surface area contributed by atoms with Crippen molar-refractivity contribution in [3.63, 3.8) is 0 Å². The molecule has 1 aromatic rings. The number of aryl methyl sites for hydroxylation is 1. The molecule has 98 valence electrons. The fourth-order valence-electron chi connectivity index (χ4n) is 2.95. The van der Waals surface area contributed by atoms with Gasteiger partial charge in [0.15, 0.2) is 0 Å². The van der Waals surface area contributed by atoms with Crippen molar-refractivity contribution in [1.29, 1.82) is 0 Å². The molecule has 0 N–H and O–H groups in total. The Hall–Kier alpha value is -0.580. The average molecular weight is 264 g/mol. The fraction of sp³-hybridized carbons (Fsp3) is 0.643. The van der Waals surface area contributed by atoms with E-state index in [0.717, 1.165) is 17.1 Å². The van der Waals surface area contributed by atoms with Crippen molar-refractivity contribution in [1.82, 2.24) is 9.88 Å². The van der Waals surface area contributed by atoms with E-state index in [4.69, 9.17) is 4.74 Å². The molecule has 1 atom stereocenters. The van der Waals surface area contributed by atoms with Crippen molar-refractivity contribution in [2.24, 2.45) is 0 Å². The van der Waals surface area contributed by atoms with E-state index >= 15 is 0 Å². The fourth-order valence-corrected chi connectivity index (χ4v) is 4.63. The third kappa shape index (κ3) is 2.56. The van der Waals surface area contributed by atoms with Crippen LogP contribution in [0.1, 0.15) is 17.8 Å². The smallest absolute Gasteiger partial charge is 0.0892 e. The number of nitrogens with zero attached hydrogens (tertiary/aromatic N) is 2. The Morgan fingerprint density at radius 3 is 3.06 bits per heavy atom. The van der Waals surface area contributed by atoms with Gasteiger partial charge in [0, 0.05) is 29.3 Å². The van der Waals surface area contributed by atoms with Crippen molar-refractivity contribution < 1.29 is 4.74 Å². The van der Waals surface area contributed by atoms with Gasteiger partial charge >= 0.3 is 0 Å². The number of hydrogen-bond donors (Lipinski definition) is 0. The zero-order valence-electron chi connectivity index (χ0n) is 11.1. The molecule has 1 spiro atoms. The second kappa shape index (κ2) is 4.83. The lowest BCUT2D eigenvalue weighted by molar-refractivity contribution is 0.0316. The first-order valence-electron chi connectivity index (χ1n) is 6.52. The maximum absolute atomic E-state index is 6.01. The highest BCUT2D eigenvalue weighted by Crippen LogP contribution is 2.45. The minimum absolute atomic E-state index is 0.408. The zero-order chi connectivity index (χ0) is 12.6. The monoisotopic (exact) mass is 264 g/mol. The van der Waals surface area contributed by atoms with Crippen LogP contribution in [0.25, 0.3) is 0 Å². The first-order chi connectivity index (χ1) is 8.65. The largest absolute Gasteiger partial charge is 0.371 e. The predicted octanol–water partition coefficient (Wildman–Crippen LogP) is 2.10. The van der Waals surface area contributed by atoms with E-state index in [1.165, 1.54) is 19.5 Å². The topological polar surface area (TPSA) is 25.4 Å². The quantitative estimate of drug-likeness (QED) is 0.835. The van der Waals surface area contributed by atoms with Gasteiger partial charge in [-0.3, -0.25) is 4.98 Å². The number of ether oxygens (including phenoxy) is 1. The van der Waals surface area contributed by atoms with Gasteiger partial charge in [-0.15, -0.1) is 11.8 Å².